The van der Waals surface area contributed by atoms with Crippen LogP contribution in [0, 0.1) is 0 Å². The zero-order chi connectivity index (χ0) is 17.2. The van der Waals surface area contributed by atoms with Gasteiger partial charge < -0.3 is 4.74 Å². The molecule has 0 spiro atoms. The number of rotatable bonds is 3. The number of carbonyl (C=O) groups excluding carboxylic acids is 1. The Morgan fingerprint density at radius 1 is 0.880 bits per heavy atom. The molecule has 2 heterocycles. The summed E-state index contributed by atoms with van der Waals surface area (Å²) in [6.45, 7) is 0. The fourth-order valence-corrected chi connectivity index (χ4v) is 2.77. The van der Waals surface area contributed by atoms with Crippen LogP contribution >= 0.6 is 0 Å². The zero-order valence-corrected chi connectivity index (χ0v) is 13.6. The first kappa shape index (κ1) is 15.1. The Labute approximate surface area is 144 Å². The quantitative estimate of drug-likeness (QED) is 0.536. The fourth-order valence-electron chi connectivity index (χ4n) is 2.77. The molecule has 0 aliphatic heterocycles. The molecule has 5 heteroatoms. The topological polar surface area (TPSA) is 56.5 Å². The molecule has 2 aromatic carbocycles. The smallest absolute Gasteiger partial charge is 0.341 e. The van der Waals surface area contributed by atoms with E-state index in [0.29, 0.717) is 17.0 Å². The van der Waals surface area contributed by atoms with E-state index >= 15 is 0 Å². The molecule has 5 nitrogen and oxygen atoms in total. The van der Waals surface area contributed by atoms with Crippen LogP contribution in [0.4, 0.5) is 0 Å². The molecule has 4 rings (SSSR count). The molecule has 0 unspecified atom stereocenters. The van der Waals surface area contributed by atoms with Gasteiger partial charge in [-0.25, -0.2) is 14.3 Å². The monoisotopic (exact) mass is 329 g/mol. The van der Waals surface area contributed by atoms with Gasteiger partial charge in [-0.1, -0.05) is 60.7 Å². The highest BCUT2D eigenvalue weighted by molar-refractivity contribution is 5.96. The van der Waals surface area contributed by atoms with Crippen LogP contribution in [0.25, 0.3) is 28.3 Å². The molecule has 0 fully saturated rings. The maximum Gasteiger partial charge on any atom is 0.341 e. The van der Waals surface area contributed by atoms with E-state index in [1.54, 1.807) is 10.6 Å². The number of ether oxygens (including phenoxy) is 1. The van der Waals surface area contributed by atoms with Gasteiger partial charge in [0.15, 0.2) is 11.5 Å². The van der Waals surface area contributed by atoms with Crippen molar-refractivity contribution in [3.05, 3.63) is 78.4 Å². The number of hydrogen-bond acceptors (Lipinski definition) is 4. The van der Waals surface area contributed by atoms with Crippen LogP contribution in [0.5, 0.6) is 0 Å². The van der Waals surface area contributed by atoms with Crippen LogP contribution in [0.3, 0.4) is 0 Å². The van der Waals surface area contributed by atoms with E-state index in [-0.39, 0.29) is 0 Å². The number of carbonyl (C=O) groups is 1. The average Bonchev–Trinajstić information content (AvgIpc) is 3.13. The Balaban J connectivity index is 1.99. The van der Waals surface area contributed by atoms with Gasteiger partial charge in [0.2, 0.25) is 0 Å². The first-order valence-electron chi connectivity index (χ1n) is 7.87. The summed E-state index contributed by atoms with van der Waals surface area (Å²) in [6.07, 6.45) is 0. The van der Waals surface area contributed by atoms with Crippen LogP contribution in [-0.4, -0.2) is 27.7 Å². The van der Waals surface area contributed by atoms with E-state index in [9.17, 15) is 4.79 Å². The summed E-state index contributed by atoms with van der Waals surface area (Å²) in [7, 11) is 1.36. The highest BCUT2D eigenvalue weighted by atomic mass is 16.5. The molecule has 0 saturated carbocycles. The Morgan fingerprint density at radius 2 is 1.52 bits per heavy atom. The van der Waals surface area contributed by atoms with Crippen molar-refractivity contribution in [2.75, 3.05) is 7.11 Å². The standard InChI is InChI=1S/C20H15N3O2/c1-25-20(24)16-12-13-17(14-8-4-2-5-9-14)23-19(16)21-18(22-23)15-10-6-3-7-11-15/h2-13H,1H3. The third kappa shape index (κ3) is 2.65. The molecule has 4 aromatic rings. The van der Waals surface area contributed by atoms with Crippen molar-refractivity contribution in [3.63, 3.8) is 0 Å². The van der Waals surface area contributed by atoms with Gasteiger partial charge in [-0.15, -0.1) is 5.10 Å². The highest BCUT2D eigenvalue weighted by Crippen LogP contribution is 2.25. The van der Waals surface area contributed by atoms with Crippen LogP contribution in [0.1, 0.15) is 10.4 Å². The molecule has 25 heavy (non-hydrogen) atoms. The van der Waals surface area contributed by atoms with E-state index < -0.39 is 5.97 Å². The van der Waals surface area contributed by atoms with Crippen molar-refractivity contribution >= 4 is 11.6 Å². The summed E-state index contributed by atoms with van der Waals surface area (Å²) < 4.78 is 6.58. The minimum atomic E-state index is -0.434. The molecular formula is C20H15N3O2. The van der Waals surface area contributed by atoms with Crippen molar-refractivity contribution < 1.29 is 9.53 Å². The number of benzene rings is 2. The largest absolute Gasteiger partial charge is 0.465 e. The van der Waals surface area contributed by atoms with Crippen LogP contribution in [0.15, 0.2) is 72.8 Å². The molecule has 0 aliphatic carbocycles. The van der Waals surface area contributed by atoms with Gasteiger partial charge in [0.05, 0.1) is 12.8 Å². The number of esters is 1. The van der Waals surface area contributed by atoms with E-state index in [1.807, 2.05) is 66.7 Å². The van der Waals surface area contributed by atoms with Gasteiger partial charge in [-0.2, -0.15) is 0 Å². The molecule has 0 radical (unpaired) electrons. The van der Waals surface area contributed by atoms with Crippen LogP contribution in [-0.2, 0) is 4.74 Å². The van der Waals surface area contributed by atoms with Gasteiger partial charge in [0.25, 0.3) is 0 Å². The Hall–Kier alpha value is -3.47. The maximum absolute atomic E-state index is 12.1. The minimum absolute atomic E-state index is 0.386. The zero-order valence-electron chi connectivity index (χ0n) is 13.6. The molecular weight excluding hydrogens is 314 g/mol. The van der Waals surface area contributed by atoms with E-state index in [4.69, 9.17) is 4.74 Å². The maximum atomic E-state index is 12.1. The highest BCUT2D eigenvalue weighted by Gasteiger charge is 2.18. The number of methoxy groups -OCH3 is 1. The minimum Gasteiger partial charge on any atom is -0.465 e. The summed E-state index contributed by atoms with van der Waals surface area (Å²) >= 11 is 0. The molecule has 2 aromatic heterocycles. The first-order valence-corrected chi connectivity index (χ1v) is 7.87. The Kier molecular flexibility index (Phi) is 3.74. The van der Waals surface area contributed by atoms with Crippen LogP contribution < -0.4 is 0 Å². The third-order valence-electron chi connectivity index (χ3n) is 3.99. The van der Waals surface area contributed by atoms with Crippen molar-refractivity contribution in [1.82, 2.24) is 14.6 Å². The van der Waals surface area contributed by atoms with Crippen LogP contribution in [0.2, 0.25) is 0 Å². The summed E-state index contributed by atoms with van der Waals surface area (Å²) in [5.74, 6) is 0.130. The van der Waals surface area contributed by atoms with Crippen molar-refractivity contribution in [2.24, 2.45) is 0 Å². The second-order valence-corrected chi connectivity index (χ2v) is 5.53. The second kappa shape index (κ2) is 6.20. The van der Waals surface area contributed by atoms with Gasteiger partial charge in [-0.3, -0.25) is 0 Å². The molecule has 0 N–H and O–H groups in total. The summed E-state index contributed by atoms with van der Waals surface area (Å²) in [5.41, 5.74) is 3.61. The molecule has 0 saturated heterocycles. The fraction of sp³-hybridized carbons (Fsp3) is 0.0500. The number of aromatic nitrogens is 3. The molecule has 0 bridgehead atoms. The van der Waals surface area contributed by atoms with Gasteiger partial charge >= 0.3 is 5.97 Å². The van der Waals surface area contributed by atoms with Crippen molar-refractivity contribution in [1.29, 1.82) is 0 Å². The Bertz CT molecular complexity index is 1040. The lowest BCUT2D eigenvalue weighted by molar-refractivity contribution is 0.0602. The lowest BCUT2D eigenvalue weighted by Crippen LogP contribution is -2.06. The number of nitrogens with zero attached hydrogens (tertiary/aromatic N) is 3. The summed E-state index contributed by atoms with van der Waals surface area (Å²) in [6, 6.07) is 23.1. The van der Waals surface area contributed by atoms with Gasteiger partial charge in [-0.05, 0) is 12.1 Å². The molecule has 0 atom stereocenters. The molecule has 122 valence electrons. The molecule has 0 amide bonds. The summed E-state index contributed by atoms with van der Waals surface area (Å²) in [4.78, 5) is 16.7. The van der Waals surface area contributed by atoms with E-state index in [2.05, 4.69) is 10.1 Å². The predicted molar refractivity (Wildman–Crippen MR) is 95.2 cm³/mol. The average molecular weight is 329 g/mol. The second-order valence-electron chi connectivity index (χ2n) is 5.53. The molecule has 0 aliphatic rings. The predicted octanol–water partition coefficient (Wildman–Crippen LogP) is 3.85. The van der Waals surface area contributed by atoms with Crippen molar-refractivity contribution in [3.8, 4) is 22.6 Å². The SMILES string of the molecule is COC(=O)c1ccc(-c2ccccc2)n2nc(-c3ccccc3)nc12. The number of hydrogen-bond donors (Lipinski definition) is 0. The lowest BCUT2D eigenvalue weighted by atomic mass is 10.1. The van der Waals surface area contributed by atoms with Gasteiger partial charge in [0.1, 0.15) is 5.56 Å². The van der Waals surface area contributed by atoms with E-state index in [0.717, 1.165) is 16.8 Å². The third-order valence-corrected chi connectivity index (χ3v) is 3.99. The van der Waals surface area contributed by atoms with Gasteiger partial charge in [0, 0.05) is 11.1 Å². The Morgan fingerprint density at radius 3 is 2.16 bits per heavy atom. The number of fused-ring (bicyclic) bond motifs is 1. The van der Waals surface area contributed by atoms with Crippen molar-refractivity contribution in [2.45, 2.75) is 0 Å². The first-order chi connectivity index (χ1) is 12.3. The number of pyridine rings is 1. The normalized spacial score (nSPS) is 10.8. The van der Waals surface area contributed by atoms with E-state index in [1.165, 1.54) is 7.11 Å². The lowest BCUT2D eigenvalue weighted by Gasteiger charge is -2.07. The summed E-state index contributed by atoms with van der Waals surface area (Å²) in [5, 5.41) is 4.63.